The third-order valence-corrected chi connectivity index (χ3v) is 1.53. The summed E-state index contributed by atoms with van der Waals surface area (Å²) in [6.07, 6.45) is 2.98. The van der Waals surface area contributed by atoms with E-state index in [1.807, 2.05) is 0 Å². The first-order chi connectivity index (χ1) is 6.31. The second-order valence-corrected chi connectivity index (χ2v) is 2.38. The van der Waals surface area contributed by atoms with Crippen molar-refractivity contribution in [3.63, 3.8) is 0 Å². The Morgan fingerprint density at radius 2 is 2.46 bits per heavy atom. The van der Waals surface area contributed by atoms with Crippen molar-refractivity contribution >= 4 is 23.3 Å². The molecule has 0 aliphatic carbocycles. The average molecular weight is 177 g/mol. The summed E-state index contributed by atoms with van der Waals surface area (Å²) >= 11 is 0. The summed E-state index contributed by atoms with van der Waals surface area (Å²) in [5, 5.41) is 0. The van der Waals surface area contributed by atoms with Crippen molar-refractivity contribution < 1.29 is 0 Å². The molecule has 13 heavy (non-hydrogen) atoms. The van der Waals surface area contributed by atoms with E-state index in [1.54, 1.807) is 13.1 Å². The van der Waals surface area contributed by atoms with Gasteiger partial charge in [0.2, 0.25) is 5.95 Å². The Balaban J connectivity index is 2.77. The highest BCUT2D eigenvalue weighted by molar-refractivity contribution is 5.70. The van der Waals surface area contributed by atoms with Gasteiger partial charge in [-0.1, -0.05) is 0 Å². The molecule has 2 N–H and O–H groups in total. The summed E-state index contributed by atoms with van der Waals surface area (Å²) in [6, 6.07) is 0. The summed E-state index contributed by atoms with van der Waals surface area (Å²) in [7, 11) is 0. The first-order valence-electron chi connectivity index (χ1n) is 3.73. The molecule has 66 valence electrons. The first-order valence-corrected chi connectivity index (χ1v) is 3.73. The number of nitrogens with zero attached hydrogens (tertiary/aromatic N) is 3. The van der Waals surface area contributed by atoms with Crippen molar-refractivity contribution in [3.8, 4) is 0 Å². The Bertz CT molecular complexity index is 509. The Morgan fingerprint density at radius 3 is 3.23 bits per heavy atom. The smallest absolute Gasteiger partial charge is 0.278 e. The van der Waals surface area contributed by atoms with E-state index in [0.29, 0.717) is 11.2 Å². The van der Waals surface area contributed by atoms with Crippen LogP contribution >= 0.6 is 0 Å². The van der Waals surface area contributed by atoms with E-state index >= 15 is 0 Å². The van der Waals surface area contributed by atoms with Crippen molar-refractivity contribution in [3.05, 3.63) is 16.7 Å². The zero-order valence-electron chi connectivity index (χ0n) is 6.90. The minimum atomic E-state index is -0.261. The largest absolute Gasteiger partial charge is 0.339 e. The van der Waals surface area contributed by atoms with Crippen LogP contribution in [0.15, 0.2) is 16.1 Å². The number of rotatable bonds is 1. The Labute approximate surface area is 72.8 Å². The SMILES string of the molecule is CC=Nc1nc2nc[nH]c2c(=O)[nH]1. The molecule has 0 aliphatic heterocycles. The molecule has 0 saturated heterocycles. The van der Waals surface area contributed by atoms with Gasteiger partial charge in [0, 0.05) is 6.21 Å². The number of fused-ring (bicyclic) bond motifs is 1. The van der Waals surface area contributed by atoms with Gasteiger partial charge in [-0.2, -0.15) is 4.98 Å². The highest BCUT2D eigenvalue weighted by Gasteiger charge is 2.03. The van der Waals surface area contributed by atoms with Crippen LogP contribution in [0.25, 0.3) is 11.2 Å². The number of hydrogen-bond acceptors (Lipinski definition) is 4. The molecule has 6 nitrogen and oxygen atoms in total. The van der Waals surface area contributed by atoms with E-state index < -0.39 is 0 Å². The van der Waals surface area contributed by atoms with Gasteiger partial charge in [0.15, 0.2) is 11.2 Å². The number of nitrogens with one attached hydrogen (secondary N) is 2. The molecule has 2 rings (SSSR count). The van der Waals surface area contributed by atoms with E-state index in [9.17, 15) is 4.79 Å². The molecule has 0 spiro atoms. The first kappa shape index (κ1) is 7.66. The quantitative estimate of drug-likeness (QED) is 0.617. The van der Waals surface area contributed by atoms with Gasteiger partial charge in [-0.05, 0) is 6.92 Å². The van der Waals surface area contributed by atoms with Crippen LogP contribution in [0.1, 0.15) is 6.92 Å². The second kappa shape index (κ2) is 2.81. The average Bonchev–Trinajstić information content (AvgIpc) is 2.53. The number of aromatic nitrogens is 4. The fourth-order valence-electron chi connectivity index (χ4n) is 1.01. The van der Waals surface area contributed by atoms with E-state index in [0.717, 1.165) is 0 Å². The molecule has 0 fully saturated rings. The van der Waals surface area contributed by atoms with Crippen molar-refractivity contribution in [2.24, 2.45) is 4.99 Å². The Kier molecular flexibility index (Phi) is 1.66. The molecular weight excluding hydrogens is 170 g/mol. The number of aromatic amines is 2. The Morgan fingerprint density at radius 1 is 1.62 bits per heavy atom. The molecule has 0 radical (unpaired) electrons. The van der Waals surface area contributed by atoms with Gasteiger partial charge in [0.25, 0.3) is 5.56 Å². The topological polar surface area (TPSA) is 86.8 Å². The lowest BCUT2D eigenvalue weighted by Gasteiger charge is -1.90. The highest BCUT2D eigenvalue weighted by atomic mass is 16.1. The van der Waals surface area contributed by atoms with Gasteiger partial charge in [-0.3, -0.25) is 9.78 Å². The van der Waals surface area contributed by atoms with Crippen LogP contribution < -0.4 is 5.56 Å². The zero-order chi connectivity index (χ0) is 9.26. The summed E-state index contributed by atoms with van der Waals surface area (Å²) in [4.78, 5) is 28.2. The molecule has 0 bridgehead atoms. The van der Waals surface area contributed by atoms with E-state index in [-0.39, 0.29) is 11.5 Å². The molecule has 0 saturated carbocycles. The predicted molar refractivity (Wildman–Crippen MR) is 48.3 cm³/mol. The lowest BCUT2D eigenvalue weighted by molar-refractivity contribution is 1.13. The molecule has 2 aromatic rings. The molecule has 0 unspecified atom stereocenters. The van der Waals surface area contributed by atoms with Crippen LogP contribution in [0.5, 0.6) is 0 Å². The Hall–Kier alpha value is -1.98. The number of imidazole rings is 1. The van der Waals surface area contributed by atoms with Crippen molar-refractivity contribution in [1.82, 2.24) is 19.9 Å². The molecule has 2 aromatic heterocycles. The summed E-state index contributed by atoms with van der Waals surface area (Å²) in [5.41, 5.74) is 0.488. The minimum absolute atomic E-state index is 0.261. The van der Waals surface area contributed by atoms with E-state index in [2.05, 4.69) is 24.9 Å². The lowest BCUT2D eigenvalue weighted by Crippen LogP contribution is -2.06. The minimum Gasteiger partial charge on any atom is -0.339 e. The van der Waals surface area contributed by atoms with Gasteiger partial charge in [0.1, 0.15) is 0 Å². The maximum absolute atomic E-state index is 11.3. The number of aliphatic imine (C=N–C) groups is 1. The van der Waals surface area contributed by atoms with Crippen molar-refractivity contribution in [1.29, 1.82) is 0 Å². The zero-order valence-corrected chi connectivity index (χ0v) is 6.90. The number of H-pyrrole nitrogens is 2. The van der Waals surface area contributed by atoms with Gasteiger partial charge in [-0.15, -0.1) is 0 Å². The monoisotopic (exact) mass is 177 g/mol. The van der Waals surface area contributed by atoms with Crippen molar-refractivity contribution in [2.45, 2.75) is 6.92 Å². The third kappa shape index (κ3) is 1.22. The summed E-state index contributed by atoms with van der Waals surface area (Å²) in [6.45, 7) is 1.74. The molecule has 2 heterocycles. The van der Waals surface area contributed by atoms with Gasteiger partial charge in [-0.25, -0.2) is 9.98 Å². The second-order valence-electron chi connectivity index (χ2n) is 2.38. The van der Waals surface area contributed by atoms with Crippen LogP contribution in [0.4, 0.5) is 5.95 Å². The van der Waals surface area contributed by atoms with Crippen LogP contribution in [-0.4, -0.2) is 26.2 Å². The molecule has 0 aromatic carbocycles. The lowest BCUT2D eigenvalue weighted by atomic mass is 10.5. The summed E-state index contributed by atoms with van der Waals surface area (Å²) in [5.74, 6) is 0.270. The summed E-state index contributed by atoms with van der Waals surface area (Å²) < 4.78 is 0. The standard InChI is InChI=1S/C7H7N5O/c1-2-8-7-11-5-4(6(13)12-7)9-3-10-5/h2-3H,1H3,(H2,9,10,11,12,13). The molecule has 0 atom stereocenters. The maximum atomic E-state index is 11.3. The van der Waals surface area contributed by atoms with E-state index in [4.69, 9.17) is 0 Å². The molecule has 0 amide bonds. The normalized spacial score (nSPS) is 11.5. The van der Waals surface area contributed by atoms with Gasteiger partial charge >= 0.3 is 0 Å². The predicted octanol–water partition coefficient (Wildman–Crippen LogP) is 0.368. The maximum Gasteiger partial charge on any atom is 0.278 e. The fraction of sp³-hybridized carbons (Fsp3) is 0.143. The van der Waals surface area contributed by atoms with Crippen LogP contribution in [0, 0.1) is 0 Å². The van der Waals surface area contributed by atoms with E-state index in [1.165, 1.54) is 6.33 Å². The van der Waals surface area contributed by atoms with Crippen molar-refractivity contribution in [2.75, 3.05) is 0 Å². The van der Waals surface area contributed by atoms with Gasteiger partial charge < -0.3 is 4.98 Å². The highest BCUT2D eigenvalue weighted by Crippen LogP contribution is 2.04. The molecular formula is C7H7N5O. The molecule has 0 aliphatic rings. The molecule has 6 heteroatoms. The number of hydrogen-bond donors (Lipinski definition) is 2. The third-order valence-electron chi connectivity index (χ3n) is 1.53. The van der Waals surface area contributed by atoms with Crippen LogP contribution in [-0.2, 0) is 0 Å². The fourth-order valence-corrected chi connectivity index (χ4v) is 1.01. The van der Waals surface area contributed by atoms with Gasteiger partial charge in [0.05, 0.1) is 6.33 Å². The van der Waals surface area contributed by atoms with Crippen LogP contribution in [0.2, 0.25) is 0 Å². The van der Waals surface area contributed by atoms with Crippen LogP contribution in [0.3, 0.4) is 0 Å².